The zero-order valence-electron chi connectivity index (χ0n) is 11.7. The van der Waals surface area contributed by atoms with Crippen LogP contribution in [0.2, 0.25) is 0 Å². The third-order valence-electron chi connectivity index (χ3n) is 2.17. The standard InChI is InChI=1S/C10H20N2O7S/c1-4-19-10(14)11-20(15,16)12(7-8-17-2)6-5-9(13)18-3/h4-8H2,1-3H3,(H,11,14). The van der Waals surface area contributed by atoms with Crippen LogP contribution in [-0.2, 0) is 29.2 Å². The monoisotopic (exact) mass is 312 g/mol. The quantitative estimate of drug-likeness (QED) is 0.571. The van der Waals surface area contributed by atoms with Crippen LogP contribution in [-0.4, -0.2) is 65.3 Å². The van der Waals surface area contributed by atoms with Gasteiger partial charge in [0.25, 0.3) is 0 Å². The Morgan fingerprint density at radius 1 is 1.20 bits per heavy atom. The van der Waals surface area contributed by atoms with Gasteiger partial charge in [0.05, 0.1) is 26.7 Å². The summed E-state index contributed by atoms with van der Waals surface area (Å²) >= 11 is 0. The van der Waals surface area contributed by atoms with Crippen molar-refractivity contribution in [2.75, 3.05) is 40.5 Å². The molecule has 0 saturated heterocycles. The van der Waals surface area contributed by atoms with Crippen molar-refractivity contribution < 1.29 is 32.2 Å². The van der Waals surface area contributed by atoms with Crippen LogP contribution in [0.1, 0.15) is 13.3 Å². The molecular weight excluding hydrogens is 292 g/mol. The fourth-order valence-electron chi connectivity index (χ4n) is 1.19. The molecule has 118 valence electrons. The topological polar surface area (TPSA) is 111 Å². The Kier molecular flexibility index (Phi) is 8.84. The molecule has 10 heteroatoms. The van der Waals surface area contributed by atoms with Crippen molar-refractivity contribution in [1.29, 1.82) is 0 Å². The minimum atomic E-state index is -4.10. The van der Waals surface area contributed by atoms with E-state index in [1.54, 1.807) is 11.6 Å². The lowest BCUT2D eigenvalue weighted by atomic mass is 10.4. The second-order valence-corrected chi connectivity index (χ2v) is 5.22. The Balaban J connectivity index is 4.71. The van der Waals surface area contributed by atoms with Crippen molar-refractivity contribution in [3.05, 3.63) is 0 Å². The van der Waals surface area contributed by atoms with Crippen molar-refractivity contribution in [1.82, 2.24) is 9.03 Å². The molecule has 0 atom stereocenters. The smallest absolute Gasteiger partial charge is 0.421 e. The fraction of sp³-hybridized carbons (Fsp3) is 0.800. The summed E-state index contributed by atoms with van der Waals surface area (Å²) in [7, 11) is -1.49. The third kappa shape index (κ3) is 7.26. The molecule has 0 aliphatic rings. The lowest BCUT2D eigenvalue weighted by molar-refractivity contribution is -0.140. The first-order valence-corrected chi connectivity index (χ1v) is 7.31. The average Bonchev–Trinajstić information content (AvgIpc) is 2.37. The molecule has 0 heterocycles. The van der Waals surface area contributed by atoms with E-state index in [4.69, 9.17) is 4.74 Å². The van der Waals surface area contributed by atoms with E-state index in [9.17, 15) is 18.0 Å². The van der Waals surface area contributed by atoms with Crippen LogP contribution in [0.15, 0.2) is 0 Å². The van der Waals surface area contributed by atoms with Crippen LogP contribution in [0.5, 0.6) is 0 Å². The Morgan fingerprint density at radius 2 is 1.85 bits per heavy atom. The number of esters is 1. The molecule has 0 unspecified atom stereocenters. The molecule has 1 N–H and O–H groups in total. The normalized spacial score (nSPS) is 11.2. The maximum atomic E-state index is 11.9. The van der Waals surface area contributed by atoms with Crippen LogP contribution in [0.3, 0.4) is 0 Å². The van der Waals surface area contributed by atoms with Gasteiger partial charge in [-0.3, -0.25) is 4.79 Å². The number of methoxy groups -OCH3 is 2. The number of hydrogen-bond acceptors (Lipinski definition) is 7. The second kappa shape index (κ2) is 9.50. The zero-order valence-corrected chi connectivity index (χ0v) is 12.6. The molecule has 0 fully saturated rings. The van der Waals surface area contributed by atoms with Crippen molar-refractivity contribution in [3.8, 4) is 0 Å². The Hall–Kier alpha value is -1.39. The molecule has 20 heavy (non-hydrogen) atoms. The molecule has 0 aromatic heterocycles. The number of nitrogens with one attached hydrogen (secondary N) is 1. The Morgan fingerprint density at radius 3 is 2.35 bits per heavy atom. The molecular formula is C10H20N2O7S. The molecule has 0 aliphatic heterocycles. The van der Waals surface area contributed by atoms with Gasteiger partial charge < -0.3 is 14.2 Å². The SMILES string of the molecule is CCOC(=O)NS(=O)(=O)N(CCOC)CCC(=O)OC. The molecule has 0 spiro atoms. The van der Waals surface area contributed by atoms with Gasteiger partial charge in [0, 0.05) is 20.2 Å². The van der Waals surface area contributed by atoms with E-state index in [2.05, 4.69) is 9.47 Å². The molecule has 0 aromatic carbocycles. The predicted octanol–water partition coefficient (Wildman–Crippen LogP) is -0.511. The molecule has 0 rings (SSSR count). The van der Waals surface area contributed by atoms with E-state index in [1.165, 1.54) is 14.2 Å². The molecule has 0 bridgehead atoms. The van der Waals surface area contributed by atoms with Gasteiger partial charge in [-0.2, -0.15) is 12.7 Å². The predicted molar refractivity (Wildman–Crippen MR) is 69.2 cm³/mol. The highest BCUT2D eigenvalue weighted by Gasteiger charge is 2.25. The first-order chi connectivity index (χ1) is 9.37. The molecule has 0 aromatic rings. The van der Waals surface area contributed by atoms with E-state index in [-0.39, 0.29) is 32.7 Å². The van der Waals surface area contributed by atoms with Crippen molar-refractivity contribution >= 4 is 22.3 Å². The zero-order chi connectivity index (χ0) is 15.6. The largest absolute Gasteiger partial charge is 0.469 e. The number of carbonyl (C=O) groups is 2. The summed E-state index contributed by atoms with van der Waals surface area (Å²) in [5, 5.41) is 0. The fourth-order valence-corrected chi connectivity index (χ4v) is 2.24. The first-order valence-electron chi connectivity index (χ1n) is 5.87. The maximum absolute atomic E-state index is 11.9. The second-order valence-electron chi connectivity index (χ2n) is 3.55. The number of hydrogen-bond donors (Lipinski definition) is 1. The lowest BCUT2D eigenvalue weighted by Gasteiger charge is -2.21. The first kappa shape index (κ1) is 18.6. The van der Waals surface area contributed by atoms with E-state index in [0.717, 1.165) is 4.31 Å². The van der Waals surface area contributed by atoms with Crippen molar-refractivity contribution in [2.24, 2.45) is 0 Å². The van der Waals surface area contributed by atoms with Gasteiger partial charge >= 0.3 is 22.3 Å². The molecule has 1 amide bonds. The average molecular weight is 312 g/mol. The summed E-state index contributed by atoms with van der Waals surface area (Å²) in [4.78, 5) is 22.2. The van der Waals surface area contributed by atoms with Gasteiger partial charge in [-0.1, -0.05) is 0 Å². The molecule has 0 radical (unpaired) electrons. The van der Waals surface area contributed by atoms with Gasteiger partial charge in [0.1, 0.15) is 0 Å². The number of amides is 1. The summed E-state index contributed by atoms with van der Waals surface area (Å²) in [5.41, 5.74) is 0. The van der Waals surface area contributed by atoms with Crippen LogP contribution in [0.25, 0.3) is 0 Å². The summed E-state index contributed by atoms with van der Waals surface area (Å²) in [6.45, 7) is 1.56. The van der Waals surface area contributed by atoms with E-state index >= 15 is 0 Å². The van der Waals surface area contributed by atoms with Gasteiger partial charge in [-0.05, 0) is 6.92 Å². The van der Waals surface area contributed by atoms with Crippen LogP contribution in [0, 0.1) is 0 Å². The lowest BCUT2D eigenvalue weighted by Crippen LogP contribution is -2.45. The minimum absolute atomic E-state index is 0.0117. The van der Waals surface area contributed by atoms with Gasteiger partial charge in [-0.15, -0.1) is 0 Å². The van der Waals surface area contributed by atoms with Gasteiger partial charge in [-0.25, -0.2) is 9.52 Å². The van der Waals surface area contributed by atoms with Crippen LogP contribution < -0.4 is 4.72 Å². The highest BCUT2D eigenvalue weighted by atomic mass is 32.2. The number of carbonyl (C=O) groups excluding carboxylic acids is 2. The summed E-state index contributed by atoms with van der Waals surface area (Å²) in [6, 6.07) is 0. The molecule has 9 nitrogen and oxygen atoms in total. The highest BCUT2D eigenvalue weighted by molar-refractivity contribution is 7.87. The summed E-state index contributed by atoms with van der Waals surface area (Å²) < 4.78 is 40.2. The number of rotatable bonds is 9. The van der Waals surface area contributed by atoms with Crippen LogP contribution >= 0.6 is 0 Å². The van der Waals surface area contributed by atoms with Gasteiger partial charge in [0.2, 0.25) is 0 Å². The Bertz CT molecular complexity index is 410. The van der Waals surface area contributed by atoms with Crippen molar-refractivity contribution in [2.45, 2.75) is 13.3 Å². The third-order valence-corrected chi connectivity index (χ3v) is 3.64. The maximum Gasteiger partial charge on any atom is 0.421 e. The summed E-state index contributed by atoms with van der Waals surface area (Å²) in [5.74, 6) is -0.557. The van der Waals surface area contributed by atoms with E-state index < -0.39 is 22.3 Å². The van der Waals surface area contributed by atoms with E-state index in [1.807, 2.05) is 0 Å². The highest BCUT2D eigenvalue weighted by Crippen LogP contribution is 2.01. The molecule has 0 aliphatic carbocycles. The molecule has 0 saturated carbocycles. The van der Waals surface area contributed by atoms with Gasteiger partial charge in [0.15, 0.2) is 0 Å². The van der Waals surface area contributed by atoms with Crippen LogP contribution in [0.4, 0.5) is 4.79 Å². The number of nitrogens with zero attached hydrogens (tertiary/aromatic N) is 1. The van der Waals surface area contributed by atoms with E-state index in [0.29, 0.717) is 0 Å². The summed E-state index contributed by atoms with van der Waals surface area (Å²) in [6.07, 6.45) is -1.21. The van der Waals surface area contributed by atoms with Crippen molar-refractivity contribution in [3.63, 3.8) is 0 Å². The number of ether oxygens (including phenoxy) is 3. The minimum Gasteiger partial charge on any atom is -0.469 e. The Labute approximate surface area is 118 Å².